The van der Waals surface area contributed by atoms with E-state index < -0.39 is 10.0 Å². The van der Waals surface area contributed by atoms with Crippen molar-refractivity contribution in [3.63, 3.8) is 0 Å². The van der Waals surface area contributed by atoms with Crippen LogP contribution in [0.3, 0.4) is 0 Å². The first-order chi connectivity index (χ1) is 9.73. The van der Waals surface area contributed by atoms with Gasteiger partial charge in [0.1, 0.15) is 10.0 Å². The number of hydrogen-bond donors (Lipinski definition) is 0. The molecule has 21 heavy (non-hydrogen) atoms. The maximum atomic E-state index is 13.0. The Morgan fingerprint density at radius 3 is 2.33 bits per heavy atom. The molecule has 1 aromatic carbocycles. The quantitative estimate of drug-likeness (QED) is 0.776. The first kappa shape index (κ1) is 16.6. The number of halogens is 2. The smallest absolute Gasteiger partial charge is 0.207 e. The van der Waals surface area contributed by atoms with Crippen LogP contribution in [0.4, 0.5) is 4.39 Å². The van der Waals surface area contributed by atoms with Gasteiger partial charge in [0.2, 0.25) is 0 Å². The number of rotatable bonds is 4. The molecule has 1 unspecified atom stereocenters. The molecule has 0 N–H and O–H groups in total. The molecule has 0 saturated heterocycles. The van der Waals surface area contributed by atoms with Gasteiger partial charge in [-0.3, -0.25) is 0 Å². The van der Waals surface area contributed by atoms with E-state index >= 15 is 0 Å². The Morgan fingerprint density at radius 1 is 1.29 bits per heavy atom. The summed E-state index contributed by atoms with van der Waals surface area (Å²) in [5, 5.41) is 0. The highest BCUT2D eigenvalue weighted by Crippen LogP contribution is 2.34. The van der Waals surface area contributed by atoms with Gasteiger partial charge in [-0.1, -0.05) is 12.1 Å². The lowest BCUT2D eigenvalue weighted by Crippen LogP contribution is -2.29. The molecule has 0 bridgehead atoms. The molecule has 0 spiro atoms. The Balaban J connectivity index is 2.33. The second-order valence-electron chi connectivity index (χ2n) is 4.77. The Bertz CT molecular complexity index is 721. The number of nitrogens with zero attached hydrogens (tertiary/aromatic N) is 1. The Kier molecular flexibility index (Phi) is 4.87. The molecule has 3 nitrogen and oxygen atoms in total. The van der Waals surface area contributed by atoms with E-state index in [9.17, 15) is 12.8 Å². The van der Waals surface area contributed by atoms with Gasteiger partial charge in [-0.25, -0.2) is 12.8 Å². The van der Waals surface area contributed by atoms with Crippen LogP contribution in [-0.4, -0.2) is 19.8 Å². The first-order valence-corrected chi connectivity index (χ1v) is 9.28. The van der Waals surface area contributed by atoms with Crippen LogP contribution in [0.2, 0.25) is 0 Å². The molecule has 1 atom stereocenters. The zero-order valence-electron chi connectivity index (χ0n) is 11.8. The van der Waals surface area contributed by atoms with Gasteiger partial charge < -0.3 is 0 Å². The van der Waals surface area contributed by atoms with E-state index in [-0.39, 0.29) is 11.9 Å². The summed E-state index contributed by atoms with van der Waals surface area (Å²) >= 11 is 4.53. The topological polar surface area (TPSA) is 37.4 Å². The lowest BCUT2D eigenvalue weighted by molar-refractivity contribution is 0.399. The fourth-order valence-electron chi connectivity index (χ4n) is 1.86. The van der Waals surface area contributed by atoms with Crippen molar-refractivity contribution >= 4 is 37.3 Å². The van der Waals surface area contributed by atoms with Crippen molar-refractivity contribution in [2.45, 2.75) is 24.1 Å². The van der Waals surface area contributed by atoms with Crippen LogP contribution < -0.4 is 0 Å². The van der Waals surface area contributed by atoms with Crippen LogP contribution in [0.5, 0.6) is 0 Å². The summed E-state index contributed by atoms with van der Waals surface area (Å²) in [5.41, 5.74) is 1.64. The van der Waals surface area contributed by atoms with Gasteiger partial charge in [0.25, 0.3) is 10.0 Å². The van der Waals surface area contributed by atoms with E-state index in [0.717, 1.165) is 14.9 Å². The Hall–Kier alpha value is -0.760. The predicted octanol–water partition coefficient (Wildman–Crippen LogP) is 4.34. The minimum Gasteiger partial charge on any atom is -0.207 e. The summed E-state index contributed by atoms with van der Waals surface area (Å²) in [6.45, 7) is 3.63. The molecule has 1 aromatic heterocycles. The SMILES string of the molecule is Cc1cc(S(=O)(=O)N(C)C(C)c2ccc(F)cc2)sc1Br. The van der Waals surface area contributed by atoms with Crippen molar-refractivity contribution in [3.8, 4) is 0 Å². The van der Waals surface area contributed by atoms with Gasteiger partial charge in [-0.15, -0.1) is 11.3 Å². The average Bonchev–Trinajstić information content (AvgIpc) is 2.78. The highest BCUT2D eigenvalue weighted by molar-refractivity contribution is 9.11. The van der Waals surface area contributed by atoms with E-state index in [1.807, 2.05) is 6.92 Å². The first-order valence-electron chi connectivity index (χ1n) is 6.23. The molecule has 0 aliphatic carbocycles. The van der Waals surface area contributed by atoms with Gasteiger partial charge in [-0.2, -0.15) is 4.31 Å². The van der Waals surface area contributed by atoms with Crippen molar-refractivity contribution in [2.75, 3.05) is 7.05 Å². The van der Waals surface area contributed by atoms with Gasteiger partial charge in [0, 0.05) is 13.1 Å². The van der Waals surface area contributed by atoms with Crippen molar-refractivity contribution in [1.29, 1.82) is 0 Å². The van der Waals surface area contributed by atoms with E-state index in [2.05, 4.69) is 15.9 Å². The molecule has 2 rings (SSSR count). The summed E-state index contributed by atoms with van der Waals surface area (Å²) in [6, 6.07) is 7.13. The number of aryl methyl sites for hydroxylation is 1. The van der Waals surface area contributed by atoms with Crippen LogP contribution in [-0.2, 0) is 10.0 Å². The van der Waals surface area contributed by atoms with Crippen molar-refractivity contribution < 1.29 is 12.8 Å². The lowest BCUT2D eigenvalue weighted by atomic mass is 10.1. The normalized spacial score (nSPS) is 13.6. The van der Waals surface area contributed by atoms with Crippen molar-refractivity contribution in [3.05, 3.63) is 51.1 Å². The molecule has 0 fully saturated rings. The third-order valence-electron chi connectivity index (χ3n) is 3.37. The lowest BCUT2D eigenvalue weighted by Gasteiger charge is -2.24. The molecule has 0 saturated carbocycles. The third-order valence-corrected chi connectivity index (χ3v) is 7.88. The Morgan fingerprint density at radius 2 is 1.86 bits per heavy atom. The minimum absolute atomic E-state index is 0.295. The van der Waals surface area contributed by atoms with Crippen molar-refractivity contribution in [2.24, 2.45) is 0 Å². The molecule has 114 valence electrons. The molecular weight excluding hydrogens is 377 g/mol. The fraction of sp³-hybridized carbons (Fsp3) is 0.286. The maximum Gasteiger partial charge on any atom is 0.252 e. The second kappa shape index (κ2) is 6.16. The molecule has 0 amide bonds. The third kappa shape index (κ3) is 3.36. The number of benzene rings is 1. The maximum absolute atomic E-state index is 13.0. The summed E-state index contributed by atoms with van der Waals surface area (Å²) < 4.78 is 40.6. The number of thiophene rings is 1. The van der Waals surface area contributed by atoms with Crippen LogP contribution in [0.15, 0.2) is 38.3 Å². The van der Waals surface area contributed by atoms with Crippen LogP contribution >= 0.6 is 27.3 Å². The molecule has 7 heteroatoms. The van der Waals surface area contributed by atoms with Crippen LogP contribution in [0.25, 0.3) is 0 Å². The highest BCUT2D eigenvalue weighted by atomic mass is 79.9. The molecular formula is C14H15BrFNO2S2. The summed E-state index contributed by atoms with van der Waals surface area (Å²) in [7, 11) is -2.04. The van der Waals surface area contributed by atoms with E-state index in [1.165, 1.54) is 34.8 Å². The summed E-state index contributed by atoms with van der Waals surface area (Å²) in [5.74, 6) is -0.339. The van der Waals surface area contributed by atoms with E-state index in [1.54, 1.807) is 25.1 Å². The Labute approximate surface area is 136 Å². The van der Waals surface area contributed by atoms with E-state index in [0.29, 0.717) is 4.21 Å². The standard InChI is InChI=1S/C14H15BrFNO2S2/c1-9-8-13(20-14(9)15)21(18,19)17(3)10(2)11-4-6-12(16)7-5-11/h4-8,10H,1-3H3. The molecule has 1 heterocycles. The van der Waals surface area contributed by atoms with Gasteiger partial charge in [0.05, 0.1) is 3.79 Å². The van der Waals surface area contributed by atoms with Gasteiger partial charge in [0.15, 0.2) is 0 Å². The largest absolute Gasteiger partial charge is 0.252 e. The van der Waals surface area contributed by atoms with Crippen LogP contribution in [0.1, 0.15) is 24.1 Å². The molecule has 2 aromatic rings. The predicted molar refractivity (Wildman–Crippen MR) is 86.5 cm³/mol. The molecule has 0 radical (unpaired) electrons. The summed E-state index contributed by atoms with van der Waals surface area (Å²) in [4.78, 5) is 0. The highest BCUT2D eigenvalue weighted by Gasteiger charge is 2.28. The van der Waals surface area contributed by atoms with Crippen LogP contribution in [0, 0.1) is 12.7 Å². The second-order valence-corrected chi connectivity index (χ2v) is 9.37. The van der Waals surface area contributed by atoms with Gasteiger partial charge >= 0.3 is 0 Å². The fourth-order valence-corrected chi connectivity index (χ4v) is 5.62. The number of sulfonamides is 1. The van der Waals surface area contributed by atoms with Crippen molar-refractivity contribution in [1.82, 2.24) is 4.31 Å². The summed E-state index contributed by atoms with van der Waals surface area (Å²) in [6.07, 6.45) is 0. The monoisotopic (exact) mass is 391 g/mol. The van der Waals surface area contributed by atoms with Gasteiger partial charge in [-0.05, 0) is 59.1 Å². The zero-order valence-corrected chi connectivity index (χ0v) is 15.0. The molecule has 0 aliphatic heterocycles. The zero-order chi connectivity index (χ0) is 15.8. The molecule has 0 aliphatic rings. The minimum atomic E-state index is -3.57. The number of hydrogen-bond acceptors (Lipinski definition) is 3. The van der Waals surface area contributed by atoms with E-state index in [4.69, 9.17) is 0 Å². The average molecular weight is 392 g/mol.